The summed E-state index contributed by atoms with van der Waals surface area (Å²) in [6, 6.07) is 24.0. The summed E-state index contributed by atoms with van der Waals surface area (Å²) in [6.07, 6.45) is 6.30. The van der Waals surface area contributed by atoms with Gasteiger partial charge in [-0.2, -0.15) is 0 Å². The van der Waals surface area contributed by atoms with Crippen molar-refractivity contribution < 1.29 is 142 Å². The fourth-order valence-corrected chi connectivity index (χ4v) is 9.07. The van der Waals surface area contributed by atoms with E-state index in [1.165, 1.54) is 75.7 Å². The molecule has 2 amide bonds. The van der Waals surface area contributed by atoms with Gasteiger partial charge in [0, 0.05) is 98.1 Å². The number of nitrogens with zero attached hydrogens (tertiary/aromatic N) is 7. The summed E-state index contributed by atoms with van der Waals surface area (Å²) in [5.74, 6) is -6.97. The van der Waals surface area contributed by atoms with Crippen molar-refractivity contribution in [2.24, 2.45) is 5.73 Å². The van der Waals surface area contributed by atoms with Crippen molar-refractivity contribution in [3.05, 3.63) is 309 Å². The monoisotopic (exact) mass is 1970 g/mol. The molecule has 0 aliphatic heterocycles. The zero-order valence-electron chi connectivity index (χ0n) is 67.4. The summed E-state index contributed by atoms with van der Waals surface area (Å²) >= 11 is -3.02. The molecule has 8 aromatic rings. The Morgan fingerprint density at radius 2 is 0.910 bits per heavy atom. The second-order valence-electron chi connectivity index (χ2n) is 23.3. The SMILES string of the molecule is C.C=CCNC(N)=O.C=CCn1c(=O)cc(C)[nH]c1=O.C=CCn1c(=O)cc(C)n(Cc2c(F)cccc2F)c1=O.CC(=O)OOC(C)=O.CCOC(=O)CC(C)=O.CNCCc1ccccc1.Cc1c(Br)c(=O)n(CC=O)c(=O)n1Cc1c(F)cccc1F.Cc1cc(=O)n(CC=O)c(=O)n1Cc1c(F)cccc1F.[B-]OC(C)=O.[Na+].[O]=[Os](=[O])(=[O])=[O]. The van der Waals surface area contributed by atoms with Gasteiger partial charge in [0.2, 0.25) is 5.97 Å². The minimum atomic E-state index is -6.06. The molecule has 35 nitrogen and oxygen atoms in total. The summed E-state index contributed by atoms with van der Waals surface area (Å²) in [5.41, 5.74) is 2.03. The molecule has 0 aliphatic rings. The van der Waals surface area contributed by atoms with Crippen LogP contribution in [-0.4, -0.2) is 120 Å². The second kappa shape index (κ2) is 62.1. The van der Waals surface area contributed by atoms with Gasteiger partial charge >= 0.3 is 105 Å². The Bertz CT molecular complexity index is 5390. The Morgan fingerprint density at radius 1 is 0.549 bits per heavy atom. The quantitative estimate of drug-likeness (QED) is 0.0111. The van der Waals surface area contributed by atoms with Crippen LogP contribution in [-0.2, 0) is 134 Å². The van der Waals surface area contributed by atoms with Gasteiger partial charge in [-0.25, -0.2) is 69.7 Å². The van der Waals surface area contributed by atoms with Crippen LogP contribution in [0.2, 0.25) is 0 Å². The molecule has 0 bridgehead atoms. The first kappa shape index (κ1) is 116. The molecular formula is C77H91BBrF6N11NaO24Os. The van der Waals surface area contributed by atoms with Gasteiger partial charge in [-0.05, 0) is 119 Å². The Hall–Kier alpha value is -12.1. The molecule has 4 heterocycles. The van der Waals surface area contributed by atoms with Crippen molar-refractivity contribution >= 4 is 72.2 Å². The number of nitrogens with two attached hydrogens (primary N) is 1. The maximum absolute atomic E-state index is 13.7. The van der Waals surface area contributed by atoms with Crippen LogP contribution in [0.5, 0.6) is 0 Å². The Balaban J connectivity index is -0.000000659. The van der Waals surface area contributed by atoms with Crippen LogP contribution >= 0.6 is 15.9 Å². The topological polar surface area (TPSA) is 479 Å². The Labute approximate surface area is 727 Å². The van der Waals surface area contributed by atoms with E-state index in [1.54, 1.807) is 26.8 Å². The fraction of sp³-hybridized carbons (Fsp3) is 0.299. The molecule has 0 saturated carbocycles. The molecule has 8 rings (SSSR count). The molecule has 0 unspecified atom stereocenters. The number of amides is 2. The third kappa shape index (κ3) is 45.9. The number of allylic oxidation sites excluding steroid dienone is 2. The number of hydrogen-bond acceptors (Lipinski definition) is 25. The zero-order valence-corrected chi connectivity index (χ0v) is 73.5. The molecule has 4 aromatic carbocycles. The fourth-order valence-electron chi connectivity index (χ4n) is 8.65. The maximum atomic E-state index is 13.7. The number of aldehydes is 2. The first-order chi connectivity index (χ1) is 56.2. The molecule has 122 heavy (non-hydrogen) atoms. The standard InChI is InChI=1S/C15H14F2N2O2.C14H11BrF2N2O3.C14H12F2N2O3.C9H13N.C8H10N2O2.C6H10O3.C4H8N2O.C4H6O4.C2H3BO2.CH4.Na.4O.Os/c1-3-7-18-14(20)8-10(2)19(15(18)21)9-11-12(16)5-4-6-13(11)17;1-8-12(15)13(21)18(5-6-20)14(22)19(8)7-9-10(16)3-2-4-11(9)17;1-9-7-13(20)17(5-6-19)14(21)18(9)8-10-11(15)3-2-4-12(10)16;1-10-8-7-9-5-3-2-4-6-9;1-3-4-10-7(11)5-6(2)9-8(10)12;1-3-9-6(8)4-5(2)7;1-2-3-6-4(5)7;1-3(5)7-8-4(2)6;1-2(4)5-3;;;;;;;/h3-6,8H,1,7,9H2,2H3;2-4,6H,5,7H2,1H3;2-4,6-7H,5,8H2,1H3;2-6,10H,7-8H2,1H3;3,5H,1,4H2,2H3,(H,9,12);3-4H2,1-2H3;2H,1,3H2,(H3,5,6,7);1-2H3;1H3;1H4;;;;;;/q;;;;;;;;-1;;+1;;;;;. The van der Waals surface area contributed by atoms with E-state index in [1.807, 2.05) is 13.1 Å². The first-order valence-corrected chi connectivity index (χ1v) is 39.2. The minimum absolute atomic E-state index is 0. The van der Waals surface area contributed by atoms with E-state index in [9.17, 15) is 103 Å². The Morgan fingerprint density at radius 3 is 1.23 bits per heavy atom. The number of ether oxygens (including phenoxy) is 1. The molecule has 659 valence electrons. The molecule has 0 spiro atoms. The van der Waals surface area contributed by atoms with E-state index in [0.717, 1.165) is 92.1 Å². The number of aromatic amines is 1. The number of hydrogen-bond donors (Lipinski definition) is 4. The predicted molar refractivity (Wildman–Crippen MR) is 426 cm³/mol. The number of esters is 1. The first-order valence-electron chi connectivity index (χ1n) is 34.3. The average Bonchev–Trinajstić information content (AvgIpc) is 0.787. The van der Waals surface area contributed by atoms with Crippen molar-refractivity contribution in [3.63, 3.8) is 0 Å². The zero-order chi connectivity index (χ0) is 92.3. The van der Waals surface area contributed by atoms with Crippen LogP contribution < -0.4 is 90.9 Å². The number of carbonyl (C=O) groups is 8. The third-order valence-corrected chi connectivity index (χ3v) is 15.0. The van der Waals surface area contributed by atoms with E-state index < -0.39 is 126 Å². The summed E-state index contributed by atoms with van der Waals surface area (Å²) in [6.45, 7) is 23.3. The second-order valence-corrected chi connectivity index (χ2v) is 26.6. The van der Waals surface area contributed by atoms with Gasteiger partial charge in [0.1, 0.15) is 64.2 Å². The predicted octanol–water partition coefficient (Wildman–Crippen LogP) is 2.95. The normalized spacial score (nSPS) is 9.66. The molecule has 0 saturated heterocycles. The number of benzene rings is 4. The number of urea groups is 1. The van der Waals surface area contributed by atoms with Crippen molar-refractivity contribution in [1.29, 1.82) is 0 Å². The number of aromatic nitrogens is 8. The van der Waals surface area contributed by atoms with Crippen molar-refractivity contribution in [2.45, 2.75) is 128 Å². The van der Waals surface area contributed by atoms with Gasteiger partial charge in [0.25, 0.3) is 22.2 Å². The van der Waals surface area contributed by atoms with Gasteiger partial charge in [0.15, 0.2) is 0 Å². The van der Waals surface area contributed by atoms with E-state index in [2.05, 4.69) is 108 Å². The summed E-state index contributed by atoms with van der Waals surface area (Å²) in [5, 5.41) is 5.43. The Kier molecular flexibility index (Phi) is 59.1. The van der Waals surface area contributed by atoms with Crippen LogP contribution in [0.15, 0.2) is 184 Å². The summed E-state index contributed by atoms with van der Waals surface area (Å²) in [7, 11) is 6.30. The summed E-state index contributed by atoms with van der Waals surface area (Å²) < 4.78 is 132. The third-order valence-electron chi connectivity index (χ3n) is 14.1. The number of Topliss-reactive ketones (excluding diaryl/α,β-unsaturated/α-hetero) is 1. The number of likely N-dealkylation sites (N-methyl/N-ethyl adjacent to an activating group) is 1. The molecule has 5 N–H and O–H groups in total. The van der Waals surface area contributed by atoms with Gasteiger partial charge in [-0.3, -0.25) is 65.5 Å². The number of H-pyrrole nitrogens is 1. The average molecular weight is 1970 g/mol. The number of halogens is 7. The number of rotatable bonds is 22. The van der Waals surface area contributed by atoms with Gasteiger partial charge in [-0.1, -0.05) is 74.2 Å². The molecule has 0 aliphatic carbocycles. The number of nitrogens with one attached hydrogen (secondary N) is 3. The number of primary amides is 1. The van der Waals surface area contributed by atoms with Gasteiger partial charge < -0.3 is 48.4 Å². The van der Waals surface area contributed by atoms with E-state index >= 15 is 0 Å². The molecule has 3 radical (unpaired) electrons. The number of carbonyl (C=O) groups excluding carboxylic acids is 8. The van der Waals surface area contributed by atoms with Gasteiger partial charge in [0.05, 0.1) is 39.3 Å². The van der Waals surface area contributed by atoms with Crippen LogP contribution in [0, 0.1) is 62.6 Å². The van der Waals surface area contributed by atoms with Gasteiger partial charge in [-0.15, -0.1) is 19.7 Å². The van der Waals surface area contributed by atoms with Crippen LogP contribution in [0.3, 0.4) is 0 Å². The molecule has 0 fully saturated rings. The van der Waals surface area contributed by atoms with E-state index in [-0.39, 0.29) is 126 Å². The van der Waals surface area contributed by atoms with Crippen molar-refractivity contribution in [3.8, 4) is 0 Å². The molecular weight excluding hydrogens is 1880 g/mol. The van der Waals surface area contributed by atoms with Crippen molar-refractivity contribution in [1.82, 2.24) is 47.6 Å². The summed E-state index contributed by atoms with van der Waals surface area (Å²) in [4.78, 5) is 185. The van der Waals surface area contributed by atoms with Crippen molar-refractivity contribution in [2.75, 3.05) is 26.7 Å². The van der Waals surface area contributed by atoms with Crippen LogP contribution in [0.1, 0.15) is 93.5 Å². The van der Waals surface area contributed by atoms with Crippen LogP contribution in [0.25, 0.3) is 0 Å². The molecule has 45 heteroatoms. The van der Waals surface area contributed by atoms with E-state index in [0.29, 0.717) is 46.2 Å². The number of aryl methyl sites for hydroxylation is 3. The number of ketones is 1. The molecule has 4 aromatic heterocycles. The van der Waals surface area contributed by atoms with Crippen LogP contribution in [0.4, 0.5) is 31.1 Å². The van der Waals surface area contributed by atoms with E-state index in [4.69, 9.17) is 14.2 Å². The molecule has 0 atom stereocenters.